The Hall–Kier alpha value is -4.30. The molecule has 0 aliphatic rings. The summed E-state index contributed by atoms with van der Waals surface area (Å²) in [7, 11) is 0. The maximum absolute atomic E-state index is 14.1. The van der Waals surface area contributed by atoms with Gasteiger partial charge in [0.15, 0.2) is 0 Å². The molecule has 6 rings (SSSR count). The lowest BCUT2D eigenvalue weighted by Gasteiger charge is -2.10. The van der Waals surface area contributed by atoms with Crippen molar-refractivity contribution in [3.05, 3.63) is 122 Å². The quantitative estimate of drug-likeness (QED) is 0.374. The predicted molar refractivity (Wildman–Crippen MR) is 133 cm³/mol. The lowest BCUT2D eigenvalue weighted by atomic mass is 10.2. The number of nitrogens with zero attached hydrogens (tertiary/aromatic N) is 5. The SMILES string of the molecule is O=c1c2c(ncn1Cc1ccccc1Cl)c1cc(F)ccc1n2Cc1cc(=O)n2ccccc2n1. The Kier molecular flexibility index (Phi) is 4.96. The van der Waals surface area contributed by atoms with Crippen molar-refractivity contribution in [1.29, 1.82) is 0 Å². The Morgan fingerprint density at radius 3 is 2.63 bits per heavy atom. The molecule has 172 valence electrons. The van der Waals surface area contributed by atoms with Crippen LogP contribution in [0.2, 0.25) is 5.02 Å². The van der Waals surface area contributed by atoms with Crippen LogP contribution < -0.4 is 11.1 Å². The summed E-state index contributed by atoms with van der Waals surface area (Å²) in [5.74, 6) is -0.430. The minimum absolute atomic E-state index is 0.138. The summed E-state index contributed by atoms with van der Waals surface area (Å²) in [4.78, 5) is 35.4. The topological polar surface area (TPSA) is 74.2 Å². The van der Waals surface area contributed by atoms with E-state index in [1.54, 1.807) is 41.1 Å². The van der Waals surface area contributed by atoms with E-state index in [0.29, 0.717) is 38.3 Å². The molecular formula is C26H17ClFN5O2. The molecule has 4 heterocycles. The number of benzene rings is 2. The summed E-state index contributed by atoms with van der Waals surface area (Å²) in [5.41, 5.74) is 2.52. The molecule has 2 aromatic carbocycles. The van der Waals surface area contributed by atoms with Gasteiger partial charge in [-0.1, -0.05) is 35.9 Å². The number of aromatic nitrogens is 5. The zero-order valence-electron chi connectivity index (χ0n) is 18.2. The second kappa shape index (κ2) is 8.18. The number of hydrogen-bond acceptors (Lipinski definition) is 4. The zero-order valence-corrected chi connectivity index (χ0v) is 19.0. The fourth-order valence-electron chi connectivity index (χ4n) is 4.41. The van der Waals surface area contributed by atoms with Crippen molar-refractivity contribution in [1.82, 2.24) is 23.5 Å². The van der Waals surface area contributed by atoms with E-state index in [-0.39, 0.29) is 24.2 Å². The van der Waals surface area contributed by atoms with Gasteiger partial charge in [0.2, 0.25) is 0 Å². The van der Waals surface area contributed by atoms with Gasteiger partial charge in [-0.2, -0.15) is 0 Å². The fraction of sp³-hybridized carbons (Fsp3) is 0.0769. The fourth-order valence-corrected chi connectivity index (χ4v) is 4.60. The Morgan fingerprint density at radius 1 is 0.943 bits per heavy atom. The van der Waals surface area contributed by atoms with E-state index in [0.717, 1.165) is 5.56 Å². The van der Waals surface area contributed by atoms with Crippen LogP contribution in [0.4, 0.5) is 4.39 Å². The van der Waals surface area contributed by atoms with E-state index >= 15 is 0 Å². The van der Waals surface area contributed by atoms with E-state index in [1.165, 1.54) is 33.5 Å². The maximum Gasteiger partial charge on any atom is 0.278 e. The monoisotopic (exact) mass is 485 g/mol. The molecule has 0 radical (unpaired) electrons. The highest BCUT2D eigenvalue weighted by Gasteiger charge is 2.18. The Labute approximate surface area is 202 Å². The van der Waals surface area contributed by atoms with E-state index in [9.17, 15) is 14.0 Å². The predicted octanol–water partition coefficient (Wildman–Crippen LogP) is 4.25. The smallest absolute Gasteiger partial charge is 0.278 e. The molecule has 0 N–H and O–H groups in total. The average molecular weight is 486 g/mol. The van der Waals surface area contributed by atoms with Gasteiger partial charge < -0.3 is 4.57 Å². The molecule has 9 heteroatoms. The summed E-state index contributed by atoms with van der Waals surface area (Å²) in [6, 6.07) is 18.3. The molecule has 0 aliphatic carbocycles. The van der Waals surface area contributed by atoms with E-state index in [1.807, 2.05) is 18.2 Å². The zero-order chi connectivity index (χ0) is 24.1. The molecule has 0 fully saturated rings. The Morgan fingerprint density at radius 2 is 1.77 bits per heavy atom. The molecule has 7 nitrogen and oxygen atoms in total. The maximum atomic E-state index is 14.1. The standard InChI is InChI=1S/C26H17ClFN5O2/c27-20-6-2-1-5-16(20)13-31-15-29-24-19-11-17(28)8-9-21(19)33(25(24)26(31)35)14-18-12-23(34)32-10-4-3-7-22(32)30-18/h1-12,15H,13-14H2. The normalized spacial score (nSPS) is 11.6. The van der Waals surface area contributed by atoms with E-state index < -0.39 is 5.82 Å². The lowest BCUT2D eigenvalue weighted by Crippen LogP contribution is -2.24. The van der Waals surface area contributed by atoms with Crippen LogP contribution in [0.3, 0.4) is 0 Å². The summed E-state index contributed by atoms with van der Waals surface area (Å²) in [6.45, 7) is 0.367. The first-order chi connectivity index (χ1) is 17.0. The van der Waals surface area contributed by atoms with Crippen LogP contribution in [-0.4, -0.2) is 23.5 Å². The molecule has 0 saturated heterocycles. The number of halogens is 2. The molecule has 0 amide bonds. The van der Waals surface area contributed by atoms with Gasteiger partial charge in [0, 0.05) is 22.7 Å². The van der Waals surface area contributed by atoms with Crippen LogP contribution in [0.15, 0.2) is 88.8 Å². The van der Waals surface area contributed by atoms with Crippen molar-refractivity contribution < 1.29 is 4.39 Å². The number of hydrogen-bond donors (Lipinski definition) is 0. The minimum Gasteiger partial charge on any atom is -0.329 e. The first kappa shape index (κ1) is 21.2. The van der Waals surface area contributed by atoms with E-state index in [2.05, 4.69) is 9.97 Å². The summed E-state index contributed by atoms with van der Waals surface area (Å²) < 4.78 is 18.8. The average Bonchev–Trinajstić information content (AvgIpc) is 3.15. The summed E-state index contributed by atoms with van der Waals surface area (Å²) >= 11 is 6.30. The molecule has 0 unspecified atom stereocenters. The van der Waals surface area contributed by atoms with Crippen LogP contribution in [0.5, 0.6) is 0 Å². The van der Waals surface area contributed by atoms with Gasteiger partial charge in [0.05, 0.1) is 30.6 Å². The first-order valence-corrected chi connectivity index (χ1v) is 11.2. The molecule has 0 spiro atoms. The number of rotatable bonds is 4. The highest BCUT2D eigenvalue weighted by atomic mass is 35.5. The van der Waals surface area contributed by atoms with Crippen molar-refractivity contribution in [2.75, 3.05) is 0 Å². The number of pyridine rings is 1. The number of fused-ring (bicyclic) bond motifs is 4. The van der Waals surface area contributed by atoms with Gasteiger partial charge >= 0.3 is 0 Å². The lowest BCUT2D eigenvalue weighted by molar-refractivity contribution is 0.629. The van der Waals surface area contributed by atoms with Gasteiger partial charge in [-0.05, 0) is 42.0 Å². The van der Waals surface area contributed by atoms with Crippen LogP contribution in [0.25, 0.3) is 27.6 Å². The van der Waals surface area contributed by atoms with Crippen molar-refractivity contribution in [3.8, 4) is 0 Å². The van der Waals surface area contributed by atoms with Gasteiger partial charge in [0.25, 0.3) is 11.1 Å². The second-order valence-corrected chi connectivity index (χ2v) is 8.64. The van der Waals surface area contributed by atoms with Gasteiger partial charge in [-0.15, -0.1) is 0 Å². The van der Waals surface area contributed by atoms with Crippen LogP contribution in [0.1, 0.15) is 11.3 Å². The van der Waals surface area contributed by atoms with Crippen molar-refractivity contribution in [3.63, 3.8) is 0 Å². The van der Waals surface area contributed by atoms with E-state index in [4.69, 9.17) is 11.6 Å². The third-order valence-electron chi connectivity index (χ3n) is 6.03. The van der Waals surface area contributed by atoms with Gasteiger partial charge in [-0.3, -0.25) is 18.6 Å². The molecular weight excluding hydrogens is 469 g/mol. The molecule has 0 bridgehead atoms. The molecule has 0 aliphatic heterocycles. The van der Waals surface area contributed by atoms with Crippen molar-refractivity contribution in [2.24, 2.45) is 0 Å². The molecule has 0 atom stereocenters. The highest BCUT2D eigenvalue weighted by molar-refractivity contribution is 6.31. The molecule has 6 aromatic rings. The van der Waals surface area contributed by atoms with Crippen LogP contribution >= 0.6 is 11.6 Å². The third kappa shape index (κ3) is 3.59. The first-order valence-electron chi connectivity index (χ1n) is 10.9. The van der Waals surface area contributed by atoms with Gasteiger partial charge in [-0.25, -0.2) is 14.4 Å². The van der Waals surface area contributed by atoms with Gasteiger partial charge in [0.1, 0.15) is 22.5 Å². The molecule has 35 heavy (non-hydrogen) atoms. The summed E-state index contributed by atoms with van der Waals surface area (Å²) in [5, 5.41) is 1.06. The molecule has 0 saturated carbocycles. The second-order valence-electron chi connectivity index (χ2n) is 8.23. The van der Waals surface area contributed by atoms with Crippen molar-refractivity contribution in [2.45, 2.75) is 13.1 Å². The minimum atomic E-state index is -0.430. The highest BCUT2D eigenvalue weighted by Crippen LogP contribution is 2.27. The third-order valence-corrected chi connectivity index (χ3v) is 6.40. The Balaban J connectivity index is 1.57. The van der Waals surface area contributed by atoms with Crippen LogP contribution in [0, 0.1) is 5.82 Å². The largest absolute Gasteiger partial charge is 0.329 e. The Bertz CT molecular complexity index is 1890. The molecule has 4 aromatic heterocycles. The van der Waals surface area contributed by atoms with Crippen molar-refractivity contribution >= 4 is 39.2 Å². The van der Waals surface area contributed by atoms with Crippen LogP contribution in [-0.2, 0) is 13.1 Å². The summed E-state index contributed by atoms with van der Waals surface area (Å²) in [6.07, 6.45) is 3.10.